The second-order valence-electron chi connectivity index (χ2n) is 3.93. The third-order valence-electron chi connectivity index (χ3n) is 2.88. The van der Waals surface area contributed by atoms with Crippen LogP contribution in [-0.4, -0.2) is 48.5 Å². The molecule has 82 valence electrons. The molecule has 4 N–H and O–H groups in total. The van der Waals surface area contributed by atoms with Gasteiger partial charge >= 0.3 is 0 Å². The van der Waals surface area contributed by atoms with Gasteiger partial charge in [0.2, 0.25) is 0 Å². The summed E-state index contributed by atoms with van der Waals surface area (Å²) in [5, 5.41) is 0. The molecule has 5 heteroatoms. The normalized spacial score (nSPS) is 21.9. The van der Waals surface area contributed by atoms with Crippen molar-refractivity contribution in [1.29, 1.82) is 0 Å². The molecule has 1 aliphatic heterocycles. The second kappa shape index (κ2) is 4.89. The molecule has 0 radical (unpaired) electrons. The Balaban J connectivity index is 2.54. The van der Waals surface area contributed by atoms with Crippen LogP contribution in [0.5, 0.6) is 0 Å². The Kier molecular flexibility index (Phi) is 4.07. The molecule has 0 bridgehead atoms. The van der Waals surface area contributed by atoms with E-state index in [-0.39, 0.29) is 10.7 Å². The molecule has 0 aromatic heterocycles. The van der Waals surface area contributed by atoms with E-state index in [1.165, 1.54) is 12.8 Å². The third kappa shape index (κ3) is 3.06. The highest BCUT2D eigenvalue weighted by Crippen LogP contribution is 2.34. The zero-order valence-corrected chi connectivity index (χ0v) is 9.81. The van der Waals surface area contributed by atoms with E-state index in [4.69, 9.17) is 11.5 Å². The molecule has 1 fully saturated rings. The van der Waals surface area contributed by atoms with Gasteiger partial charge in [0.05, 0.1) is 6.54 Å². The third-order valence-corrected chi connectivity index (χ3v) is 4.28. The lowest BCUT2D eigenvalue weighted by molar-refractivity contribution is 0.242. The number of guanidine groups is 1. The minimum absolute atomic E-state index is 0.206. The molecular formula is C9H20N4S. The first-order valence-electron chi connectivity index (χ1n) is 4.87. The van der Waals surface area contributed by atoms with E-state index in [9.17, 15) is 0 Å². The zero-order valence-electron chi connectivity index (χ0n) is 8.99. The summed E-state index contributed by atoms with van der Waals surface area (Å²) in [6, 6.07) is 0. The molecule has 0 aromatic rings. The highest BCUT2D eigenvalue weighted by atomic mass is 32.2. The number of likely N-dealkylation sites (tertiary alicyclic amines) is 1. The Labute approximate surface area is 90.1 Å². The van der Waals surface area contributed by atoms with Gasteiger partial charge in [-0.05, 0) is 39.2 Å². The number of nitrogens with two attached hydrogens (primary N) is 2. The van der Waals surface area contributed by atoms with Crippen LogP contribution in [0.1, 0.15) is 12.8 Å². The molecule has 0 amide bonds. The van der Waals surface area contributed by atoms with Crippen molar-refractivity contribution in [2.75, 3.05) is 32.9 Å². The molecule has 0 unspecified atom stereocenters. The summed E-state index contributed by atoms with van der Waals surface area (Å²) in [7, 11) is 2.16. The first-order chi connectivity index (χ1) is 6.58. The minimum Gasteiger partial charge on any atom is -0.370 e. The smallest absolute Gasteiger partial charge is 0.185 e. The van der Waals surface area contributed by atoms with Crippen molar-refractivity contribution < 1.29 is 0 Å². The molecule has 1 saturated heterocycles. The lowest BCUT2D eigenvalue weighted by atomic mass is 9.96. The molecule has 1 aliphatic rings. The molecule has 0 spiro atoms. The predicted molar refractivity (Wildman–Crippen MR) is 63.7 cm³/mol. The van der Waals surface area contributed by atoms with Crippen LogP contribution in [0.25, 0.3) is 0 Å². The van der Waals surface area contributed by atoms with Gasteiger partial charge in [0.15, 0.2) is 5.96 Å². The number of hydrogen-bond acceptors (Lipinski definition) is 3. The van der Waals surface area contributed by atoms with Crippen molar-refractivity contribution in [3.05, 3.63) is 0 Å². The maximum atomic E-state index is 5.36. The Morgan fingerprint density at radius 1 is 1.43 bits per heavy atom. The Morgan fingerprint density at radius 3 is 2.43 bits per heavy atom. The summed E-state index contributed by atoms with van der Waals surface area (Å²) >= 11 is 1.89. The summed E-state index contributed by atoms with van der Waals surface area (Å²) in [6.07, 6.45) is 4.48. The van der Waals surface area contributed by atoms with Crippen LogP contribution in [0.2, 0.25) is 0 Å². The van der Waals surface area contributed by atoms with Gasteiger partial charge < -0.3 is 16.4 Å². The number of piperidine rings is 1. The lowest BCUT2D eigenvalue weighted by Crippen LogP contribution is -2.43. The van der Waals surface area contributed by atoms with Crippen LogP contribution in [0.15, 0.2) is 4.99 Å². The lowest BCUT2D eigenvalue weighted by Gasteiger charge is -2.38. The first kappa shape index (κ1) is 11.7. The van der Waals surface area contributed by atoms with Crippen molar-refractivity contribution in [2.24, 2.45) is 16.5 Å². The Morgan fingerprint density at radius 2 is 2.00 bits per heavy atom. The number of aliphatic imine (C=N–C) groups is 1. The van der Waals surface area contributed by atoms with Gasteiger partial charge in [0.25, 0.3) is 0 Å². The van der Waals surface area contributed by atoms with Gasteiger partial charge in [0, 0.05) is 4.75 Å². The van der Waals surface area contributed by atoms with Crippen LogP contribution in [0.3, 0.4) is 0 Å². The summed E-state index contributed by atoms with van der Waals surface area (Å²) < 4.78 is 0.260. The summed E-state index contributed by atoms with van der Waals surface area (Å²) in [5.41, 5.74) is 10.7. The average Bonchev–Trinajstić information content (AvgIpc) is 2.18. The number of rotatable bonds is 3. The summed E-state index contributed by atoms with van der Waals surface area (Å²) in [4.78, 5) is 6.50. The molecule has 0 aromatic carbocycles. The van der Waals surface area contributed by atoms with Gasteiger partial charge in [-0.25, -0.2) is 0 Å². The monoisotopic (exact) mass is 216 g/mol. The fraction of sp³-hybridized carbons (Fsp3) is 0.889. The summed E-state index contributed by atoms with van der Waals surface area (Å²) in [5.74, 6) is 0.206. The van der Waals surface area contributed by atoms with Crippen LogP contribution in [0.4, 0.5) is 0 Å². The predicted octanol–water partition coefficient (Wildman–Crippen LogP) is 0.0872. The van der Waals surface area contributed by atoms with Gasteiger partial charge in [-0.15, -0.1) is 0 Å². The fourth-order valence-corrected chi connectivity index (χ4v) is 2.47. The number of thioether (sulfide) groups is 1. The van der Waals surface area contributed by atoms with Crippen molar-refractivity contribution >= 4 is 17.7 Å². The van der Waals surface area contributed by atoms with Crippen LogP contribution >= 0.6 is 11.8 Å². The van der Waals surface area contributed by atoms with E-state index in [2.05, 4.69) is 23.2 Å². The molecular weight excluding hydrogens is 196 g/mol. The van der Waals surface area contributed by atoms with Crippen molar-refractivity contribution in [2.45, 2.75) is 17.6 Å². The van der Waals surface area contributed by atoms with Gasteiger partial charge in [-0.3, -0.25) is 4.99 Å². The first-order valence-corrected chi connectivity index (χ1v) is 6.09. The fourth-order valence-electron chi connectivity index (χ4n) is 1.69. The van der Waals surface area contributed by atoms with Crippen LogP contribution in [-0.2, 0) is 0 Å². The van der Waals surface area contributed by atoms with E-state index in [0.717, 1.165) is 19.6 Å². The Hall–Kier alpha value is -0.420. The van der Waals surface area contributed by atoms with Crippen molar-refractivity contribution in [3.8, 4) is 0 Å². The highest BCUT2D eigenvalue weighted by molar-refractivity contribution is 8.00. The Bertz CT molecular complexity index is 205. The number of nitrogens with zero attached hydrogens (tertiary/aromatic N) is 2. The second-order valence-corrected chi connectivity index (χ2v) is 5.21. The molecule has 14 heavy (non-hydrogen) atoms. The molecule has 0 aliphatic carbocycles. The van der Waals surface area contributed by atoms with Gasteiger partial charge in [0.1, 0.15) is 0 Å². The largest absolute Gasteiger partial charge is 0.370 e. The molecule has 0 atom stereocenters. The van der Waals surface area contributed by atoms with E-state index in [1.54, 1.807) is 0 Å². The van der Waals surface area contributed by atoms with E-state index >= 15 is 0 Å². The topological polar surface area (TPSA) is 67.6 Å². The maximum Gasteiger partial charge on any atom is 0.185 e. The van der Waals surface area contributed by atoms with E-state index in [0.29, 0.717) is 0 Å². The minimum atomic E-state index is 0.206. The molecule has 4 nitrogen and oxygen atoms in total. The standard InChI is InChI=1S/C9H20N4S/c1-13-5-3-9(14-2,4-6-13)7-12-8(10)11/h3-7H2,1-2H3,(H4,10,11,12). The zero-order chi connectivity index (χ0) is 10.6. The summed E-state index contributed by atoms with van der Waals surface area (Å²) in [6.45, 7) is 3.03. The molecule has 0 saturated carbocycles. The average molecular weight is 216 g/mol. The van der Waals surface area contributed by atoms with E-state index < -0.39 is 0 Å². The molecule has 1 rings (SSSR count). The van der Waals surface area contributed by atoms with Crippen molar-refractivity contribution in [3.63, 3.8) is 0 Å². The highest BCUT2D eigenvalue weighted by Gasteiger charge is 2.32. The van der Waals surface area contributed by atoms with E-state index in [1.807, 2.05) is 11.8 Å². The van der Waals surface area contributed by atoms with Crippen molar-refractivity contribution in [1.82, 2.24) is 4.90 Å². The quantitative estimate of drug-likeness (QED) is 0.518. The van der Waals surface area contributed by atoms with Crippen LogP contribution < -0.4 is 11.5 Å². The SMILES string of the molecule is CSC1(CN=C(N)N)CCN(C)CC1. The van der Waals surface area contributed by atoms with Gasteiger partial charge in [-0.1, -0.05) is 0 Å². The van der Waals surface area contributed by atoms with Crippen LogP contribution in [0, 0.1) is 0 Å². The number of hydrogen-bond donors (Lipinski definition) is 2. The van der Waals surface area contributed by atoms with Gasteiger partial charge in [-0.2, -0.15) is 11.8 Å². The maximum absolute atomic E-state index is 5.36. The molecule has 1 heterocycles.